The monoisotopic (exact) mass is 267 g/mol. The third-order valence-electron chi connectivity index (χ3n) is 5.27. The van der Waals surface area contributed by atoms with Gasteiger partial charge in [0.05, 0.1) is 0 Å². The van der Waals surface area contributed by atoms with Crippen LogP contribution in [-0.2, 0) is 0 Å². The fourth-order valence-corrected chi connectivity index (χ4v) is 3.82. The maximum Gasteiger partial charge on any atom is 0.153 e. The molecule has 104 valence electrons. The number of benzene rings is 1. The molecule has 1 aromatic heterocycles. The molecule has 20 heavy (non-hydrogen) atoms. The van der Waals surface area contributed by atoms with Crippen LogP contribution in [-0.4, -0.2) is 10.2 Å². The number of nitrogens with two attached hydrogens (primary N) is 1. The van der Waals surface area contributed by atoms with Gasteiger partial charge in [0, 0.05) is 17.2 Å². The highest BCUT2D eigenvalue weighted by Gasteiger charge is 2.47. The Balaban J connectivity index is 1.76. The van der Waals surface area contributed by atoms with Crippen LogP contribution in [0.25, 0.3) is 11.1 Å². The van der Waals surface area contributed by atoms with Gasteiger partial charge in [0.1, 0.15) is 0 Å². The summed E-state index contributed by atoms with van der Waals surface area (Å²) in [6.07, 6.45) is 4.06. The van der Waals surface area contributed by atoms with E-state index in [9.17, 15) is 0 Å². The van der Waals surface area contributed by atoms with Crippen LogP contribution >= 0.6 is 0 Å². The first-order valence-electron chi connectivity index (χ1n) is 7.55. The Morgan fingerprint density at radius 2 is 1.85 bits per heavy atom. The molecule has 2 fully saturated rings. The maximum absolute atomic E-state index is 6.13. The number of anilines is 1. The van der Waals surface area contributed by atoms with Crippen molar-refractivity contribution in [3.8, 4) is 11.1 Å². The number of nitrogens with zero attached hydrogens (tertiary/aromatic N) is 1. The number of rotatable bonds is 2. The molecule has 1 aromatic carbocycles. The van der Waals surface area contributed by atoms with Crippen LogP contribution < -0.4 is 5.73 Å². The lowest BCUT2D eigenvalue weighted by Crippen LogP contribution is -1.99. The molecule has 3 heteroatoms. The van der Waals surface area contributed by atoms with Crippen molar-refractivity contribution in [3.05, 3.63) is 35.0 Å². The Labute approximate surface area is 119 Å². The van der Waals surface area contributed by atoms with E-state index < -0.39 is 0 Å². The summed E-state index contributed by atoms with van der Waals surface area (Å²) in [4.78, 5) is 0. The highest BCUT2D eigenvalue weighted by atomic mass is 15.2. The van der Waals surface area contributed by atoms with E-state index in [2.05, 4.69) is 42.2 Å². The van der Waals surface area contributed by atoms with E-state index in [0.29, 0.717) is 11.7 Å². The Bertz CT molecular complexity index is 661. The first-order valence-corrected chi connectivity index (χ1v) is 7.55. The first kappa shape index (κ1) is 12.0. The van der Waals surface area contributed by atoms with Gasteiger partial charge in [-0.3, -0.25) is 5.10 Å². The van der Waals surface area contributed by atoms with Crippen LogP contribution in [0, 0.1) is 25.7 Å². The van der Waals surface area contributed by atoms with Crippen LogP contribution in [0.2, 0.25) is 0 Å². The highest BCUT2D eigenvalue weighted by molar-refractivity contribution is 5.77. The fourth-order valence-electron chi connectivity index (χ4n) is 3.82. The predicted octanol–water partition coefficient (Wildman–Crippen LogP) is 3.79. The topological polar surface area (TPSA) is 54.7 Å². The van der Waals surface area contributed by atoms with Crippen molar-refractivity contribution < 1.29 is 0 Å². The summed E-state index contributed by atoms with van der Waals surface area (Å²) < 4.78 is 0. The minimum absolute atomic E-state index is 0.625. The molecule has 1 heterocycles. The van der Waals surface area contributed by atoms with Crippen molar-refractivity contribution in [2.45, 2.75) is 39.0 Å². The second-order valence-corrected chi connectivity index (χ2v) is 6.62. The molecule has 0 amide bonds. The number of H-pyrrole nitrogens is 1. The molecule has 0 saturated heterocycles. The van der Waals surface area contributed by atoms with Crippen LogP contribution in [0.3, 0.4) is 0 Å². The molecule has 2 aliphatic rings. The smallest absolute Gasteiger partial charge is 0.153 e. The zero-order valence-electron chi connectivity index (χ0n) is 12.1. The third kappa shape index (κ3) is 1.76. The van der Waals surface area contributed by atoms with E-state index in [-0.39, 0.29) is 0 Å². The van der Waals surface area contributed by atoms with Gasteiger partial charge in [-0.05, 0) is 61.6 Å². The van der Waals surface area contributed by atoms with E-state index in [1.54, 1.807) is 0 Å². The molecule has 3 N–H and O–H groups in total. The lowest BCUT2D eigenvalue weighted by Gasteiger charge is -2.13. The van der Waals surface area contributed by atoms with E-state index >= 15 is 0 Å². The summed E-state index contributed by atoms with van der Waals surface area (Å²) in [7, 11) is 0. The molecule has 2 saturated carbocycles. The number of aromatic nitrogens is 2. The summed E-state index contributed by atoms with van der Waals surface area (Å²) in [5.41, 5.74) is 12.4. The first-order chi connectivity index (χ1) is 9.63. The van der Waals surface area contributed by atoms with Crippen molar-refractivity contribution >= 4 is 5.82 Å². The standard InChI is InChI=1S/C17H21N3/c1-9-3-4-11(5-10(9)2)15-16(19-20-17(15)18)14-7-12-6-13(12)8-14/h3-5,12-14H,6-8H2,1-2H3,(H3,18,19,20). The zero-order chi connectivity index (χ0) is 13.9. The number of aromatic amines is 1. The van der Waals surface area contributed by atoms with Crippen molar-refractivity contribution in [2.75, 3.05) is 5.73 Å². The number of aryl methyl sites for hydroxylation is 2. The number of hydrogen-bond acceptors (Lipinski definition) is 2. The average molecular weight is 267 g/mol. The molecule has 2 aromatic rings. The Kier molecular flexibility index (Phi) is 2.47. The molecule has 2 atom stereocenters. The van der Waals surface area contributed by atoms with Gasteiger partial charge in [-0.25, -0.2) is 0 Å². The van der Waals surface area contributed by atoms with E-state index in [1.165, 1.54) is 41.6 Å². The summed E-state index contributed by atoms with van der Waals surface area (Å²) in [5, 5.41) is 7.50. The number of nitrogen functional groups attached to an aromatic ring is 1. The van der Waals surface area contributed by atoms with Gasteiger partial charge in [0.2, 0.25) is 0 Å². The molecular weight excluding hydrogens is 246 g/mol. The van der Waals surface area contributed by atoms with Crippen LogP contribution in [0.4, 0.5) is 5.82 Å². The molecular formula is C17H21N3. The zero-order valence-corrected chi connectivity index (χ0v) is 12.1. The summed E-state index contributed by atoms with van der Waals surface area (Å²) in [6, 6.07) is 6.57. The lowest BCUT2D eigenvalue weighted by atomic mass is 9.92. The summed E-state index contributed by atoms with van der Waals surface area (Å²) >= 11 is 0. The van der Waals surface area contributed by atoms with E-state index in [1.807, 2.05) is 0 Å². The maximum atomic E-state index is 6.13. The van der Waals surface area contributed by atoms with Crippen molar-refractivity contribution in [3.63, 3.8) is 0 Å². The molecule has 0 radical (unpaired) electrons. The number of nitrogens with one attached hydrogen (secondary N) is 1. The third-order valence-corrected chi connectivity index (χ3v) is 5.27. The second kappa shape index (κ2) is 4.11. The molecule has 0 aliphatic heterocycles. The van der Waals surface area contributed by atoms with Gasteiger partial charge in [-0.1, -0.05) is 18.2 Å². The Morgan fingerprint density at radius 3 is 2.55 bits per heavy atom. The van der Waals surface area contributed by atoms with Crippen LogP contribution in [0.15, 0.2) is 18.2 Å². The molecule has 4 rings (SSSR count). The average Bonchev–Trinajstić information content (AvgIpc) is 2.85. The van der Waals surface area contributed by atoms with Crippen molar-refractivity contribution in [2.24, 2.45) is 11.8 Å². The fraction of sp³-hybridized carbons (Fsp3) is 0.471. The van der Waals surface area contributed by atoms with Gasteiger partial charge in [-0.2, -0.15) is 5.10 Å². The minimum Gasteiger partial charge on any atom is -0.382 e. The molecule has 0 bridgehead atoms. The molecule has 0 spiro atoms. The lowest BCUT2D eigenvalue weighted by molar-refractivity contribution is 0.607. The Hall–Kier alpha value is -1.77. The molecule has 2 aliphatic carbocycles. The summed E-state index contributed by atoms with van der Waals surface area (Å²) in [5.74, 6) is 3.21. The van der Waals surface area contributed by atoms with E-state index in [4.69, 9.17) is 5.73 Å². The largest absolute Gasteiger partial charge is 0.382 e. The van der Waals surface area contributed by atoms with Crippen molar-refractivity contribution in [1.29, 1.82) is 0 Å². The highest BCUT2D eigenvalue weighted by Crippen LogP contribution is 2.58. The summed E-state index contributed by atoms with van der Waals surface area (Å²) in [6.45, 7) is 4.29. The quantitative estimate of drug-likeness (QED) is 0.869. The SMILES string of the molecule is Cc1ccc(-c2c(N)n[nH]c2C2CC3CC3C2)cc1C. The van der Waals surface area contributed by atoms with Gasteiger partial charge in [0.25, 0.3) is 0 Å². The normalized spacial score (nSPS) is 27.6. The number of fused-ring (bicyclic) bond motifs is 1. The van der Waals surface area contributed by atoms with Crippen LogP contribution in [0.5, 0.6) is 0 Å². The molecule has 3 nitrogen and oxygen atoms in total. The van der Waals surface area contributed by atoms with E-state index in [0.717, 1.165) is 17.4 Å². The van der Waals surface area contributed by atoms with Crippen LogP contribution in [0.1, 0.15) is 42.0 Å². The second-order valence-electron chi connectivity index (χ2n) is 6.62. The van der Waals surface area contributed by atoms with Gasteiger partial charge in [-0.15, -0.1) is 0 Å². The predicted molar refractivity (Wildman–Crippen MR) is 81.5 cm³/mol. The minimum atomic E-state index is 0.625. The Morgan fingerprint density at radius 1 is 1.10 bits per heavy atom. The van der Waals surface area contributed by atoms with Gasteiger partial charge >= 0.3 is 0 Å². The van der Waals surface area contributed by atoms with Crippen molar-refractivity contribution in [1.82, 2.24) is 10.2 Å². The number of hydrogen-bond donors (Lipinski definition) is 2. The molecule has 2 unspecified atom stereocenters. The van der Waals surface area contributed by atoms with Gasteiger partial charge in [0.15, 0.2) is 5.82 Å². The van der Waals surface area contributed by atoms with Gasteiger partial charge < -0.3 is 5.73 Å².